The van der Waals surface area contributed by atoms with Crippen LogP contribution in [-0.2, 0) is 14.4 Å². The van der Waals surface area contributed by atoms with Gasteiger partial charge in [0.2, 0.25) is 5.91 Å². The number of hydroxylamine groups is 1. The number of benzene rings is 4. The van der Waals surface area contributed by atoms with Crippen molar-refractivity contribution >= 4 is 34.0 Å². The summed E-state index contributed by atoms with van der Waals surface area (Å²) in [5.74, 6) is -1.19. The molecule has 2 fully saturated rings. The van der Waals surface area contributed by atoms with Gasteiger partial charge in [-0.25, -0.2) is 9.96 Å². The van der Waals surface area contributed by atoms with Crippen LogP contribution in [0, 0.1) is 5.92 Å². The molecule has 4 aromatic rings. The van der Waals surface area contributed by atoms with Crippen LogP contribution in [0.2, 0.25) is 0 Å². The minimum absolute atomic E-state index is 0.233. The Morgan fingerprint density at radius 2 is 1.31 bits per heavy atom. The van der Waals surface area contributed by atoms with Gasteiger partial charge in [-0.3, -0.25) is 14.4 Å². The molecule has 0 aromatic heterocycles. The van der Waals surface area contributed by atoms with Crippen LogP contribution >= 0.6 is 0 Å². The highest BCUT2D eigenvalue weighted by Crippen LogP contribution is 2.48. The Bertz CT molecular complexity index is 1320. The molecule has 5 nitrogen and oxygen atoms in total. The van der Waals surface area contributed by atoms with Crippen molar-refractivity contribution in [2.75, 3.05) is 9.96 Å². The lowest BCUT2D eigenvalue weighted by Gasteiger charge is -2.29. The highest BCUT2D eigenvalue weighted by Gasteiger charge is 2.60. The predicted octanol–water partition coefficient (Wildman–Crippen LogP) is 4.89. The van der Waals surface area contributed by atoms with Crippen molar-refractivity contribution in [1.82, 2.24) is 0 Å². The van der Waals surface area contributed by atoms with Crippen molar-refractivity contribution in [3.05, 3.63) is 109 Å². The molecule has 6 rings (SSSR count). The summed E-state index contributed by atoms with van der Waals surface area (Å²) in [6.45, 7) is 0. The molecule has 0 N–H and O–H groups in total. The Labute approximate surface area is 185 Å². The minimum atomic E-state index is -0.869. The highest BCUT2D eigenvalue weighted by molar-refractivity contribution is 6.26. The maximum Gasteiger partial charge on any atom is 0.266 e. The number of rotatable bonds is 3. The first-order valence-electron chi connectivity index (χ1n) is 10.7. The molecule has 4 aromatic carbocycles. The van der Waals surface area contributed by atoms with Crippen molar-refractivity contribution in [1.29, 1.82) is 0 Å². The van der Waals surface area contributed by atoms with E-state index in [1.807, 2.05) is 103 Å². The van der Waals surface area contributed by atoms with Crippen molar-refractivity contribution < 1.29 is 14.4 Å². The van der Waals surface area contributed by atoms with Gasteiger partial charge in [-0.15, -0.1) is 0 Å². The second-order valence-corrected chi connectivity index (χ2v) is 8.08. The fourth-order valence-electron chi connectivity index (χ4n) is 4.84. The molecule has 2 aliphatic rings. The predicted molar refractivity (Wildman–Crippen MR) is 123 cm³/mol. The Morgan fingerprint density at radius 3 is 2.09 bits per heavy atom. The van der Waals surface area contributed by atoms with Crippen LogP contribution in [0.5, 0.6) is 0 Å². The summed E-state index contributed by atoms with van der Waals surface area (Å²) in [5, 5.41) is 3.57. The number of fused-ring (bicyclic) bond motifs is 2. The summed E-state index contributed by atoms with van der Waals surface area (Å²) in [5.41, 5.74) is 2.35. The maximum atomic E-state index is 13.8. The van der Waals surface area contributed by atoms with Crippen molar-refractivity contribution in [3.8, 4) is 0 Å². The number of hydrogen-bond donors (Lipinski definition) is 0. The zero-order chi connectivity index (χ0) is 21.7. The second-order valence-electron chi connectivity index (χ2n) is 8.08. The molecule has 2 amide bonds. The molecule has 0 radical (unpaired) electrons. The lowest BCUT2D eigenvalue weighted by molar-refractivity contribution is -0.126. The molecular weight excluding hydrogens is 400 g/mol. The smallest absolute Gasteiger partial charge is 0.266 e. The fourth-order valence-corrected chi connectivity index (χ4v) is 4.84. The molecule has 0 aliphatic carbocycles. The zero-order valence-corrected chi connectivity index (χ0v) is 17.2. The van der Waals surface area contributed by atoms with Crippen LogP contribution in [0.4, 0.5) is 11.4 Å². The van der Waals surface area contributed by atoms with Gasteiger partial charge in [-0.1, -0.05) is 84.9 Å². The Balaban J connectivity index is 1.47. The van der Waals surface area contributed by atoms with E-state index in [-0.39, 0.29) is 11.8 Å². The number of nitrogens with zero attached hydrogens (tertiary/aromatic N) is 2. The molecule has 3 atom stereocenters. The van der Waals surface area contributed by atoms with Crippen LogP contribution in [-0.4, -0.2) is 17.9 Å². The van der Waals surface area contributed by atoms with Gasteiger partial charge in [-0.05, 0) is 29.1 Å². The Kier molecular flexibility index (Phi) is 4.30. The molecular formula is C27H20N2O3. The van der Waals surface area contributed by atoms with E-state index in [1.165, 1.54) is 4.90 Å². The minimum Gasteiger partial charge on any atom is -0.273 e. The largest absolute Gasteiger partial charge is 0.273 e. The van der Waals surface area contributed by atoms with Gasteiger partial charge in [0.15, 0.2) is 6.10 Å². The molecule has 156 valence electrons. The molecule has 2 saturated heterocycles. The molecule has 0 saturated carbocycles. The van der Waals surface area contributed by atoms with Gasteiger partial charge in [-0.2, -0.15) is 0 Å². The summed E-state index contributed by atoms with van der Waals surface area (Å²) in [4.78, 5) is 34.9. The first-order chi connectivity index (χ1) is 15.7. The summed E-state index contributed by atoms with van der Waals surface area (Å²) >= 11 is 0. The van der Waals surface area contributed by atoms with E-state index in [0.29, 0.717) is 5.69 Å². The molecule has 0 unspecified atom stereocenters. The van der Waals surface area contributed by atoms with Gasteiger partial charge >= 0.3 is 0 Å². The average molecular weight is 420 g/mol. The van der Waals surface area contributed by atoms with Crippen LogP contribution in [0.3, 0.4) is 0 Å². The molecule has 5 heteroatoms. The van der Waals surface area contributed by atoms with E-state index in [1.54, 1.807) is 5.06 Å². The molecule has 32 heavy (non-hydrogen) atoms. The topological polar surface area (TPSA) is 49.9 Å². The first kappa shape index (κ1) is 18.8. The highest BCUT2D eigenvalue weighted by atomic mass is 16.7. The van der Waals surface area contributed by atoms with Crippen molar-refractivity contribution in [2.45, 2.75) is 12.1 Å². The van der Waals surface area contributed by atoms with Crippen LogP contribution in [0.1, 0.15) is 11.6 Å². The number of carbonyl (C=O) groups excluding carboxylic acids is 2. The van der Waals surface area contributed by atoms with E-state index in [4.69, 9.17) is 4.84 Å². The standard InChI is InChI=1S/C27H20N2O3/c30-26-23-24(19-11-3-1-4-12-19)29(20-14-5-2-6-15-20)32-25(23)27(31)28(26)22-17-9-13-18-10-7-8-16-21(18)22/h1-17,23-25H/t23-,24+,25+/m0/s1. The van der Waals surface area contributed by atoms with E-state index in [0.717, 1.165) is 22.0 Å². The van der Waals surface area contributed by atoms with Crippen LogP contribution in [0.15, 0.2) is 103 Å². The lowest BCUT2D eigenvalue weighted by atomic mass is 9.90. The van der Waals surface area contributed by atoms with E-state index >= 15 is 0 Å². The number of para-hydroxylation sites is 1. The summed E-state index contributed by atoms with van der Waals surface area (Å²) in [6.07, 6.45) is -0.869. The quantitative estimate of drug-likeness (QED) is 0.443. The second kappa shape index (κ2) is 7.32. The van der Waals surface area contributed by atoms with E-state index in [9.17, 15) is 9.59 Å². The van der Waals surface area contributed by atoms with Gasteiger partial charge in [0.05, 0.1) is 17.4 Å². The first-order valence-corrected chi connectivity index (χ1v) is 10.7. The maximum absolute atomic E-state index is 13.8. The Morgan fingerprint density at radius 1 is 0.656 bits per heavy atom. The van der Waals surface area contributed by atoms with E-state index < -0.39 is 18.1 Å². The Hall–Kier alpha value is -3.96. The number of imide groups is 1. The third-order valence-corrected chi connectivity index (χ3v) is 6.27. The summed E-state index contributed by atoms with van der Waals surface area (Å²) < 4.78 is 0. The van der Waals surface area contributed by atoms with Gasteiger partial charge in [0.1, 0.15) is 5.92 Å². The van der Waals surface area contributed by atoms with Crippen LogP contribution < -0.4 is 9.96 Å². The van der Waals surface area contributed by atoms with Crippen molar-refractivity contribution in [2.24, 2.45) is 5.92 Å². The summed E-state index contributed by atoms with van der Waals surface area (Å²) in [7, 11) is 0. The molecule has 2 heterocycles. The number of carbonyl (C=O) groups is 2. The van der Waals surface area contributed by atoms with E-state index in [2.05, 4.69) is 0 Å². The number of amides is 2. The monoisotopic (exact) mass is 420 g/mol. The normalized spacial score (nSPS) is 22.6. The fraction of sp³-hybridized carbons (Fsp3) is 0.111. The number of hydrogen-bond acceptors (Lipinski definition) is 4. The third-order valence-electron chi connectivity index (χ3n) is 6.27. The lowest BCUT2D eigenvalue weighted by Crippen LogP contribution is -2.37. The SMILES string of the molecule is O=C1[C@H]2[C@@H](c3ccccc3)N(c3ccccc3)O[C@H]2C(=O)N1c1cccc2ccccc12. The van der Waals surface area contributed by atoms with Gasteiger partial charge < -0.3 is 0 Å². The van der Waals surface area contributed by atoms with Crippen molar-refractivity contribution in [3.63, 3.8) is 0 Å². The van der Waals surface area contributed by atoms with Crippen LogP contribution in [0.25, 0.3) is 10.8 Å². The number of anilines is 2. The third kappa shape index (κ3) is 2.75. The summed E-state index contributed by atoms with van der Waals surface area (Å²) in [6, 6.07) is 32.4. The zero-order valence-electron chi connectivity index (χ0n) is 17.2. The van der Waals surface area contributed by atoms with Gasteiger partial charge in [0, 0.05) is 5.39 Å². The van der Waals surface area contributed by atoms with Gasteiger partial charge in [0.25, 0.3) is 5.91 Å². The molecule has 0 spiro atoms. The molecule has 2 aliphatic heterocycles. The average Bonchev–Trinajstić information content (AvgIpc) is 3.36. The molecule has 0 bridgehead atoms.